The lowest BCUT2D eigenvalue weighted by Crippen LogP contribution is -2.38. The van der Waals surface area contributed by atoms with Crippen molar-refractivity contribution >= 4 is 17.3 Å². The van der Waals surface area contributed by atoms with Gasteiger partial charge in [-0.25, -0.2) is 0 Å². The van der Waals surface area contributed by atoms with Crippen LogP contribution in [-0.4, -0.2) is 43.6 Å². The molecule has 1 amide bonds. The highest BCUT2D eigenvalue weighted by Gasteiger charge is 2.12. The molecule has 0 aliphatic rings. The van der Waals surface area contributed by atoms with Gasteiger partial charge in [-0.05, 0) is 56.8 Å². The summed E-state index contributed by atoms with van der Waals surface area (Å²) in [5, 5.41) is 6.33. The Morgan fingerprint density at radius 1 is 1.12 bits per heavy atom. The average molecular weight is 355 g/mol. The van der Waals surface area contributed by atoms with Crippen LogP contribution in [0.3, 0.4) is 0 Å². The van der Waals surface area contributed by atoms with Gasteiger partial charge in [-0.2, -0.15) is 0 Å². The number of nitrogens with zero attached hydrogens (tertiary/aromatic N) is 1. The Kier molecular flexibility index (Phi) is 7.48. The number of anilines is 2. The van der Waals surface area contributed by atoms with Crippen molar-refractivity contribution in [3.05, 3.63) is 54.1 Å². The molecule has 0 unspecified atom stereocenters. The standard InChI is InChI=1S/C21H29N3O2/c1-5-24(16(2)3)15-14-22-21(25)19-8-6-7-9-20(19)23-17-10-12-18(26-4)13-11-17/h6-13,16,23H,5,14-15H2,1-4H3,(H,22,25). The molecule has 26 heavy (non-hydrogen) atoms. The number of likely N-dealkylation sites (N-methyl/N-ethyl adjacent to an activating group) is 1. The highest BCUT2D eigenvalue weighted by molar-refractivity contribution is 6.00. The quantitative estimate of drug-likeness (QED) is 0.716. The van der Waals surface area contributed by atoms with Gasteiger partial charge >= 0.3 is 0 Å². The minimum atomic E-state index is -0.0681. The largest absolute Gasteiger partial charge is 0.497 e. The van der Waals surface area contributed by atoms with Crippen molar-refractivity contribution < 1.29 is 9.53 Å². The van der Waals surface area contributed by atoms with Gasteiger partial charge in [0.2, 0.25) is 0 Å². The van der Waals surface area contributed by atoms with Crippen molar-refractivity contribution in [1.82, 2.24) is 10.2 Å². The first-order chi connectivity index (χ1) is 12.5. The first-order valence-corrected chi connectivity index (χ1v) is 9.07. The first-order valence-electron chi connectivity index (χ1n) is 9.07. The Balaban J connectivity index is 2.01. The Hall–Kier alpha value is -2.53. The monoisotopic (exact) mass is 355 g/mol. The minimum Gasteiger partial charge on any atom is -0.497 e. The van der Waals surface area contributed by atoms with E-state index >= 15 is 0 Å². The highest BCUT2D eigenvalue weighted by Crippen LogP contribution is 2.22. The lowest BCUT2D eigenvalue weighted by atomic mass is 10.1. The number of hydrogen-bond acceptors (Lipinski definition) is 4. The van der Waals surface area contributed by atoms with E-state index in [2.05, 4.69) is 36.3 Å². The molecule has 2 aromatic carbocycles. The third-order valence-corrected chi connectivity index (χ3v) is 4.36. The number of rotatable bonds is 9. The zero-order valence-electron chi connectivity index (χ0n) is 16.1. The van der Waals surface area contributed by atoms with Gasteiger partial charge in [-0.15, -0.1) is 0 Å². The van der Waals surface area contributed by atoms with Crippen LogP contribution in [0.25, 0.3) is 0 Å². The van der Waals surface area contributed by atoms with E-state index in [9.17, 15) is 4.79 Å². The van der Waals surface area contributed by atoms with Crippen LogP contribution in [0.2, 0.25) is 0 Å². The number of amides is 1. The molecule has 0 bridgehead atoms. The van der Waals surface area contributed by atoms with Crippen LogP contribution >= 0.6 is 0 Å². The number of para-hydroxylation sites is 1. The zero-order valence-corrected chi connectivity index (χ0v) is 16.1. The molecule has 2 rings (SSSR count). The van der Waals surface area contributed by atoms with E-state index in [-0.39, 0.29) is 5.91 Å². The van der Waals surface area contributed by atoms with Crippen LogP contribution in [0.4, 0.5) is 11.4 Å². The van der Waals surface area contributed by atoms with E-state index in [4.69, 9.17) is 4.74 Å². The maximum atomic E-state index is 12.6. The first kappa shape index (κ1) is 19.8. The van der Waals surface area contributed by atoms with Crippen LogP contribution in [0.1, 0.15) is 31.1 Å². The maximum absolute atomic E-state index is 12.6. The summed E-state index contributed by atoms with van der Waals surface area (Å²) in [6, 6.07) is 15.6. The molecule has 0 aromatic heterocycles. The molecule has 0 atom stereocenters. The second kappa shape index (κ2) is 9.82. The lowest BCUT2D eigenvalue weighted by Gasteiger charge is -2.24. The number of hydrogen-bond donors (Lipinski definition) is 2. The fourth-order valence-electron chi connectivity index (χ4n) is 2.81. The van der Waals surface area contributed by atoms with Crippen LogP contribution in [-0.2, 0) is 0 Å². The third-order valence-electron chi connectivity index (χ3n) is 4.36. The third kappa shape index (κ3) is 5.49. The summed E-state index contributed by atoms with van der Waals surface area (Å²) in [7, 11) is 1.64. The van der Waals surface area contributed by atoms with Gasteiger partial charge in [-0.1, -0.05) is 19.1 Å². The molecule has 0 aliphatic heterocycles. The van der Waals surface area contributed by atoms with Crippen molar-refractivity contribution in [2.75, 3.05) is 32.1 Å². The highest BCUT2D eigenvalue weighted by atomic mass is 16.5. The van der Waals surface area contributed by atoms with Crippen molar-refractivity contribution in [3.8, 4) is 5.75 Å². The predicted octanol–water partition coefficient (Wildman–Crippen LogP) is 3.90. The molecule has 2 N–H and O–H groups in total. The van der Waals surface area contributed by atoms with Crippen LogP contribution in [0, 0.1) is 0 Å². The molecule has 0 saturated carbocycles. The molecule has 5 heteroatoms. The minimum absolute atomic E-state index is 0.0681. The summed E-state index contributed by atoms with van der Waals surface area (Å²) in [5.41, 5.74) is 2.32. The fraction of sp³-hybridized carbons (Fsp3) is 0.381. The molecule has 2 aromatic rings. The summed E-state index contributed by atoms with van der Waals surface area (Å²) in [4.78, 5) is 14.9. The van der Waals surface area contributed by atoms with Crippen molar-refractivity contribution in [1.29, 1.82) is 0 Å². The number of benzene rings is 2. The predicted molar refractivity (Wildman–Crippen MR) is 107 cm³/mol. The Morgan fingerprint density at radius 2 is 1.81 bits per heavy atom. The van der Waals surface area contributed by atoms with Crippen LogP contribution in [0.5, 0.6) is 5.75 Å². The molecule has 0 heterocycles. The summed E-state index contributed by atoms with van der Waals surface area (Å²) in [6.45, 7) is 8.91. The number of nitrogens with one attached hydrogen (secondary N) is 2. The summed E-state index contributed by atoms with van der Waals surface area (Å²) in [5.74, 6) is 0.730. The number of carbonyl (C=O) groups excluding carboxylic acids is 1. The average Bonchev–Trinajstić information content (AvgIpc) is 2.66. The van der Waals surface area contributed by atoms with E-state index < -0.39 is 0 Å². The van der Waals surface area contributed by atoms with E-state index in [1.807, 2.05) is 48.5 Å². The van der Waals surface area contributed by atoms with E-state index in [1.165, 1.54) is 0 Å². The van der Waals surface area contributed by atoms with Crippen molar-refractivity contribution in [2.45, 2.75) is 26.8 Å². The summed E-state index contributed by atoms with van der Waals surface area (Å²) >= 11 is 0. The zero-order chi connectivity index (χ0) is 18.9. The molecule has 0 radical (unpaired) electrons. The summed E-state index contributed by atoms with van der Waals surface area (Å²) < 4.78 is 5.17. The van der Waals surface area contributed by atoms with Gasteiger partial charge in [-0.3, -0.25) is 9.69 Å². The van der Waals surface area contributed by atoms with Gasteiger partial charge in [0.15, 0.2) is 0 Å². The van der Waals surface area contributed by atoms with Gasteiger partial charge in [0.1, 0.15) is 5.75 Å². The SMILES string of the molecule is CCN(CCNC(=O)c1ccccc1Nc1ccc(OC)cc1)C(C)C. The second-order valence-corrected chi connectivity index (χ2v) is 6.38. The Bertz CT molecular complexity index is 699. The molecular weight excluding hydrogens is 326 g/mol. The Labute approximate surface area is 156 Å². The molecule has 0 fully saturated rings. The fourth-order valence-corrected chi connectivity index (χ4v) is 2.81. The van der Waals surface area contributed by atoms with Gasteiger partial charge in [0.25, 0.3) is 5.91 Å². The van der Waals surface area contributed by atoms with E-state index in [1.54, 1.807) is 7.11 Å². The van der Waals surface area contributed by atoms with Crippen LogP contribution in [0.15, 0.2) is 48.5 Å². The molecule has 0 aliphatic carbocycles. The summed E-state index contributed by atoms with van der Waals surface area (Å²) in [6.07, 6.45) is 0. The number of methoxy groups -OCH3 is 1. The van der Waals surface area contributed by atoms with Gasteiger partial charge in [0, 0.05) is 24.8 Å². The van der Waals surface area contributed by atoms with Crippen molar-refractivity contribution in [3.63, 3.8) is 0 Å². The van der Waals surface area contributed by atoms with Crippen LogP contribution < -0.4 is 15.4 Å². The Morgan fingerprint density at radius 3 is 2.42 bits per heavy atom. The normalized spacial score (nSPS) is 10.8. The molecule has 5 nitrogen and oxygen atoms in total. The second-order valence-electron chi connectivity index (χ2n) is 6.38. The van der Waals surface area contributed by atoms with E-state index in [0.29, 0.717) is 18.2 Å². The number of carbonyl (C=O) groups is 1. The molecule has 0 saturated heterocycles. The number of ether oxygens (including phenoxy) is 1. The molecule has 140 valence electrons. The lowest BCUT2D eigenvalue weighted by molar-refractivity contribution is 0.0946. The van der Waals surface area contributed by atoms with Gasteiger partial charge in [0.05, 0.1) is 18.4 Å². The van der Waals surface area contributed by atoms with E-state index in [0.717, 1.165) is 30.2 Å². The molecule has 0 spiro atoms. The molecular formula is C21H29N3O2. The topological polar surface area (TPSA) is 53.6 Å². The maximum Gasteiger partial charge on any atom is 0.253 e. The smallest absolute Gasteiger partial charge is 0.253 e. The van der Waals surface area contributed by atoms with Gasteiger partial charge < -0.3 is 15.4 Å². The van der Waals surface area contributed by atoms with Crippen molar-refractivity contribution in [2.24, 2.45) is 0 Å².